The van der Waals surface area contributed by atoms with Crippen LogP contribution in [0.2, 0.25) is 0 Å². The summed E-state index contributed by atoms with van der Waals surface area (Å²) >= 11 is 0. The van der Waals surface area contributed by atoms with Gasteiger partial charge in [-0.2, -0.15) is 9.50 Å². The number of carbonyl (C=O) groups excluding carboxylic acids is 1. The molecule has 2 aromatic heterocycles. The summed E-state index contributed by atoms with van der Waals surface area (Å²) in [5, 5.41) is 7.36. The van der Waals surface area contributed by atoms with Gasteiger partial charge in [-0.3, -0.25) is 9.59 Å². The Labute approximate surface area is 166 Å². The van der Waals surface area contributed by atoms with Crippen molar-refractivity contribution in [3.8, 4) is 11.4 Å². The topological polar surface area (TPSA) is 81.3 Å². The van der Waals surface area contributed by atoms with Gasteiger partial charge in [0.05, 0.1) is 0 Å². The Bertz CT molecular complexity index is 1260. The molecule has 0 aliphatic heterocycles. The molecule has 4 aromatic rings. The van der Waals surface area contributed by atoms with E-state index in [1.54, 1.807) is 0 Å². The highest BCUT2D eigenvalue weighted by Gasteiger charge is 2.25. The Morgan fingerprint density at radius 2 is 1.72 bits per heavy atom. The number of amides is 1. The largest absolute Gasteiger partial charge is 0.325 e. The van der Waals surface area contributed by atoms with E-state index in [9.17, 15) is 9.59 Å². The number of carbonyl (C=O) groups is 1. The molecular weight excluding hydrogens is 366 g/mol. The highest BCUT2D eigenvalue weighted by molar-refractivity contribution is 5.90. The number of nitrogens with zero attached hydrogens (tertiary/aromatic N) is 4. The smallest absolute Gasteiger partial charge is 0.279 e. The Morgan fingerprint density at radius 1 is 1.00 bits per heavy atom. The fourth-order valence-electron chi connectivity index (χ4n) is 3.86. The van der Waals surface area contributed by atoms with Gasteiger partial charge in [0.1, 0.15) is 6.54 Å². The third-order valence-corrected chi connectivity index (χ3v) is 5.19. The van der Waals surface area contributed by atoms with E-state index in [1.165, 1.54) is 4.52 Å². The Balaban J connectivity index is 1.60. The zero-order valence-electron chi connectivity index (χ0n) is 15.7. The van der Waals surface area contributed by atoms with Gasteiger partial charge in [0.15, 0.2) is 5.82 Å². The molecule has 2 aromatic carbocycles. The molecule has 29 heavy (non-hydrogen) atoms. The summed E-state index contributed by atoms with van der Waals surface area (Å²) in [7, 11) is 0. The van der Waals surface area contributed by atoms with Gasteiger partial charge in [0, 0.05) is 22.5 Å². The van der Waals surface area contributed by atoms with Crippen LogP contribution in [-0.4, -0.2) is 25.1 Å². The lowest BCUT2D eigenvalue weighted by molar-refractivity contribution is -0.116. The van der Waals surface area contributed by atoms with Crippen LogP contribution in [0.4, 0.5) is 5.69 Å². The molecule has 0 radical (unpaired) electrons. The van der Waals surface area contributed by atoms with Gasteiger partial charge >= 0.3 is 0 Å². The Morgan fingerprint density at radius 3 is 2.48 bits per heavy atom. The number of nitrogens with one attached hydrogen (secondary N) is 1. The van der Waals surface area contributed by atoms with Crippen molar-refractivity contribution in [2.75, 3.05) is 5.32 Å². The third kappa shape index (κ3) is 3.10. The van der Waals surface area contributed by atoms with Gasteiger partial charge in [0.2, 0.25) is 11.7 Å². The van der Waals surface area contributed by atoms with E-state index in [-0.39, 0.29) is 18.0 Å². The second-order valence-electron chi connectivity index (χ2n) is 7.10. The predicted octanol–water partition coefficient (Wildman–Crippen LogP) is 2.69. The van der Waals surface area contributed by atoms with Crippen molar-refractivity contribution in [1.29, 1.82) is 0 Å². The van der Waals surface area contributed by atoms with E-state index in [1.807, 2.05) is 65.2 Å². The number of para-hydroxylation sites is 1. The number of hydrogen-bond donors (Lipinski definition) is 1. The summed E-state index contributed by atoms with van der Waals surface area (Å²) in [5.74, 6) is 0.710. The molecule has 0 bridgehead atoms. The maximum Gasteiger partial charge on any atom is 0.279 e. The summed E-state index contributed by atoms with van der Waals surface area (Å²) in [6.45, 7) is 0.0773. The van der Waals surface area contributed by atoms with E-state index in [2.05, 4.69) is 15.4 Å². The molecule has 144 valence electrons. The van der Waals surface area contributed by atoms with Crippen LogP contribution in [0, 0.1) is 0 Å². The van der Waals surface area contributed by atoms with Crippen molar-refractivity contribution in [3.63, 3.8) is 0 Å². The number of aromatic nitrogens is 4. The van der Waals surface area contributed by atoms with E-state index >= 15 is 0 Å². The minimum Gasteiger partial charge on any atom is -0.325 e. The van der Waals surface area contributed by atoms with E-state index in [4.69, 9.17) is 0 Å². The van der Waals surface area contributed by atoms with E-state index in [0.29, 0.717) is 18.0 Å². The molecule has 1 aliphatic rings. The summed E-state index contributed by atoms with van der Waals surface area (Å²) < 4.78 is 3.17. The number of rotatable bonds is 4. The number of anilines is 1. The first-order chi connectivity index (χ1) is 14.2. The van der Waals surface area contributed by atoms with Crippen molar-refractivity contribution in [1.82, 2.24) is 19.2 Å². The predicted molar refractivity (Wildman–Crippen MR) is 110 cm³/mol. The first kappa shape index (κ1) is 17.4. The number of benzene rings is 2. The maximum atomic E-state index is 12.9. The quantitative estimate of drug-likeness (QED) is 0.586. The molecule has 0 saturated heterocycles. The van der Waals surface area contributed by atoms with Crippen LogP contribution in [0.1, 0.15) is 17.7 Å². The summed E-state index contributed by atoms with van der Waals surface area (Å²) in [6, 6.07) is 18.8. The fraction of sp³-hybridized carbons (Fsp3) is 0.182. The average molecular weight is 385 g/mol. The minimum atomic E-state index is -0.167. The molecule has 0 atom stereocenters. The molecule has 0 unspecified atom stereocenters. The first-order valence-electron chi connectivity index (χ1n) is 9.62. The zero-order valence-corrected chi connectivity index (χ0v) is 15.7. The lowest BCUT2D eigenvalue weighted by Gasteiger charge is -2.13. The van der Waals surface area contributed by atoms with Crippen molar-refractivity contribution in [2.45, 2.75) is 25.8 Å². The fourth-order valence-corrected chi connectivity index (χ4v) is 3.86. The van der Waals surface area contributed by atoms with Crippen LogP contribution in [-0.2, 0) is 24.2 Å². The molecular formula is C22H19N5O2. The molecule has 1 amide bonds. The molecule has 0 fully saturated rings. The maximum absolute atomic E-state index is 12.9. The van der Waals surface area contributed by atoms with Gasteiger partial charge in [-0.25, -0.2) is 0 Å². The molecule has 2 heterocycles. The lowest BCUT2D eigenvalue weighted by Crippen LogP contribution is -2.28. The second-order valence-corrected chi connectivity index (χ2v) is 7.10. The van der Waals surface area contributed by atoms with Crippen molar-refractivity contribution in [2.24, 2.45) is 0 Å². The van der Waals surface area contributed by atoms with E-state index in [0.717, 1.165) is 35.3 Å². The van der Waals surface area contributed by atoms with E-state index < -0.39 is 0 Å². The molecule has 1 aliphatic carbocycles. The van der Waals surface area contributed by atoms with Gasteiger partial charge in [-0.1, -0.05) is 48.5 Å². The van der Waals surface area contributed by atoms with Crippen LogP contribution in [0.3, 0.4) is 0 Å². The second kappa shape index (κ2) is 7.01. The van der Waals surface area contributed by atoms with Gasteiger partial charge in [0.25, 0.3) is 5.56 Å². The van der Waals surface area contributed by atoms with Gasteiger partial charge in [-0.15, -0.1) is 5.10 Å². The average Bonchev–Trinajstić information content (AvgIpc) is 3.41. The number of hydrogen-bond acceptors (Lipinski definition) is 4. The third-order valence-electron chi connectivity index (χ3n) is 5.19. The van der Waals surface area contributed by atoms with Crippen molar-refractivity contribution < 1.29 is 4.79 Å². The summed E-state index contributed by atoms with van der Waals surface area (Å²) in [6.07, 6.45) is 2.35. The molecule has 5 rings (SSSR count). The summed E-state index contributed by atoms with van der Waals surface area (Å²) in [5.41, 5.74) is 3.04. The van der Waals surface area contributed by atoms with Crippen LogP contribution < -0.4 is 10.9 Å². The molecule has 7 heteroatoms. The zero-order chi connectivity index (χ0) is 19.8. The highest BCUT2D eigenvalue weighted by atomic mass is 16.2. The molecule has 0 saturated carbocycles. The monoisotopic (exact) mass is 385 g/mol. The Hall–Kier alpha value is -3.74. The highest BCUT2D eigenvalue weighted by Crippen LogP contribution is 2.22. The van der Waals surface area contributed by atoms with Crippen molar-refractivity contribution >= 4 is 17.4 Å². The SMILES string of the molecule is O=C(Cn1c2c(c(=O)n3nc(-c4ccccc4)nc13)CCC2)Nc1ccccc1. The molecule has 0 spiro atoms. The Kier molecular flexibility index (Phi) is 4.20. The standard InChI is InChI=1S/C22H19N5O2/c28-19(23-16-10-5-2-6-11-16)14-26-18-13-7-12-17(18)21(29)27-22(26)24-20(25-27)15-8-3-1-4-9-15/h1-6,8-11H,7,12-14H2,(H,23,28). The van der Waals surface area contributed by atoms with Crippen LogP contribution in [0.5, 0.6) is 0 Å². The van der Waals surface area contributed by atoms with Crippen LogP contribution in [0.15, 0.2) is 65.5 Å². The minimum absolute atomic E-state index is 0.0773. The normalized spacial score (nSPS) is 12.8. The van der Waals surface area contributed by atoms with Crippen molar-refractivity contribution in [3.05, 3.63) is 82.3 Å². The van der Waals surface area contributed by atoms with Gasteiger partial charge < -0.3 is 9.88 Å². The van der Waals surface area contributed by atoms with Crippen LogP contribution in [0.25, 0.3) is 17.2 Å². The lowest BCUT2D eigenvalue weighted by atomic mass is 10.2. The molecule has 7 nitrogen and oxygen atoms in total. The first-order valence-corrected chi connectivity index (χ1v) is 9.62. The molecule has 1 N–H and O–H groups in total. The number of fused-ring (bicyclic) bond motifs is 2. The van der Waals surface area contributed by atoms with Gasteiger partial charge in [-0.05, 0) is 31.4 Å². The van der Waals surface area contributed by atoms with Crippen LogP contribution >= 0.6 is 0 Å². The summed E-state index contributed by atoms with van der Waals surface area (Å²) in [4.78, 5) is 30.3.